The third kappa shape index (κ3) is 6.88. The van der Waals surface area contributed by atoms with Gasteiger partial charge in [-0.25, -0.2) is 9.38 Å². The number of nitrogens with zero attached hydrogens (tertiary/aromatic N) is 2. The first kappa shape index (κ1) is 21.3. The highest BCUT2D eigenvalue weighted by atomic mass is 19.1. The van der Waals surface area contributed by atoms with Crippen LogP contribution in [0.25, 0.3) is 0 Å². The summed E-state index contributed by atoms with van der Waals surface area (Å²) in [7, 11) is 0. The van der Waals surface area contributed by atoms with E-state index >= 15 is 0 Å². The Morgan fingerprint density at radius 2 is 1.90 bits per heavy atom. The third-order valence-corrected chi connectivity index (χ3v) is 4.42. The highest BCUT2D eigenvalue weighted by Gasteiger charge is 2.03. The van der Waals surface area contributed by atoms with E-state index in [1.54, 1.807) is 18.3 Å². The first-order valence-corrected chi connectivity index (χ1v) is 10.1. The zero-order valence-electron chi connectivity index (χ0n) is 17.1. The second-order valence-corrected chi connectivity index (χ2v) is 6.72. The van der Waals surface area contributed by atoms with E-state index < -0.39 is 0 Å². The van der Waals surface area contributed by atoms with E-state index in [0.717, 1.165) is 23.6 Å². The van der Waals surface area contributed by atoms with E-state index in [9.17, 15) is 4.39 Å². The van der Waals surface area contributed by atoms with Crippen molar-refractivity contribution in [3.63, 3.8) is 0 Å². The van der Waals surface area contributed by atoms with Gasteiger partial charge < -0.3 is 15.4 Å². The van der Waals surface area contributed by atoms with E-state index in [-0.39, 0.29) is 5.82 Å². The van der Waals surface area contributed by atoms with Crippen molar-refractivity contribution >= 4 is 5.96 Å². The summed E-state index contributed by atoms with van der Waals surface area (Å²) in [6.45, 7) is 4.29. The molecule has 3 aromatic rings. The van der Waals surface area contributed by atoms with E-state index in [1.807, 2.05) is 55.5 Å². The van der Waals surface area contributed by atoms with Gasteiger partial charge in [-0.15, -0.1) is 0 Å². The highest BCUT2D eigenvalue weighted by molar-refractivity contribution is 5.79. The zero-order valence-corrected chi connectivity index (χ0v) is 17.1. The van der Waals surface area contributed by atoms with Gasteiger partial charge in [0.2, 0.25) is 0 Å². The van der Waals surface area contributed by atoms with Gasteiger partial charge in [-0.2, -0.15) is 0 Å². The molecule has 0 saturated heterocycles. The topological polar surface area (TPSA) is 58.5 Å². The van der Waals surface area contributed by atoms with E-state index in [4.69, 9.17) is 4.74 Å². The van der Waals surface area contributed by atoms with Crippen molar-refractivity contribution in [2.45, 2.75) is 26.5 Å². The Bertz CT molecular complexity index is 947. The summed E-state index contributed by atoms with van der Waals surface area (Å²) in [5.74, 6) is 1.31. The van der Waals surface area contributed by atoms with E-state index in [2.05, 4.69) is 20.6 Å². The fraction of sp³-hybridized carbons (Fsp3) is 0.250. The molecule has 0 aliphatic rings. The number of aromatic nitrogens is 1. The number of hydrogen-bond acceptors (Lipinski definition) is 3. The molecule has 0 spiro atoms. The predicted molar refractivity (Wildman–Crippen MR) is 118 cm³/mol. The Labute approximate surface area is 177 Å². The van der Waals surface area contributed by atoms with Crippen LogP contribution in [0.5, 0.6) is 5.75 Å². The average molecular weight is 407 g/mol. The largest absolute Gasteiger partial charge is 0.487 e. The Balaban J connectivity index is 1.54. The van der Waals surface area contributed by atoms with Gasteiger partial charge in [0.1, 0.15) is 18.2 Å². The molecule has 0 aliphatic heterocycles. The van der Waals surface area contributed by atoms with Crippen LogP contribution < -0.4 is 15.4 Å². The lowest BCUT2D eigenvalue weighted by Gasteiger charge is -2.12. The Morgan fingerprint density at radius 1 is 1.03 bits per heavy atom. The lowest BCUT2D eigenvalue weighted by atomic mass is 10.1. The first-order valence-electron chi connectivity index (χ1n) is 10.1. The number of pyridine rings is 1. The van der Waals surface area contributed by atoms with Crippen LogP contribution in [0.15, 0.2) is 77.9 Å². The summed E-state index contributed by atoms with van der Waals surface area (Å²) in [6.07, 6.45) is 2.35. The molecular formula is C24H27FN4O. The molecule has 0 saturated carbocycles. The number of halogens is 1. The number of hydrogen-bond donors (Lipinski definition) is 2. The molecule has 30 heavy (non-hydrogen) atoms. The van der Waals surface area contributed by atoms with Crippen LogP contribution in [0.3, 0.4) is 0 Å². The molecule has 0 aliphatic carbocycles. The molecule has 156 valence electrons. The normalized spacial score (nSPS) is 11.2. The van der Waals surface area contributed by atoms with E-state index in [0.29, 0.717) is 37.6 Å². The lowest BCUT2D eigenvalue weighted by molar-refractivity contribution is 0.301. The fourth-order valence-electron chi connectivity index (χ4n) is 2.90. The molecule has 0 bridgehead atoms. The van der Waals surface area contributed by atoms with Gasteiger partial charge in [0, 0.05) is 19.3 Å². The van der Waals surface area contributed by atoms with Gasteiger partial charge in [-0.05, 0) is 54.8 Å². The number of aliphatic imine (C=N–C) groups is 1. The van der Waals surface area contributed by atoms with Gasteiger partial charge in [0.05, 0.1) is 12.2 Å². The number of nitrogens with one attached hydrogen (secondary N) is 2. The SMILES string of the molecule is CCNC(=NCc1cccc(OCc2ccccn2)c1)NCCc1ccccc1F. The highest BCUT2D eigenvalue weighted by Crippen LogP contribution is 2.15. The fourth-order valence-corrected chi connectivity index (χ4v) is 2.90. The summed E-state index contributed by atoms with van der Waals surface area (Å²) < 4.78 is 19.6. The predicted octanol–water partition coefficient (Wildman–Crippen LogP) is 4.10. The number of rotatable bonds is 9. The van der Waals surface area contributed by atoms with E-state index in [1.165, 1.54) is 6.07 Å². The van der Waals surface area contributed by atoms with Crippen molar-refractivity contribution < 1.29 is 9.13 Å². The Hall–Kier alpha value is -3.41. The summed E-state index contributed by atoms with van der Waals surface area (Å²) in [6, 6.07) is 20.5. The van der Waals surface area contributed by atoms with Crippen molar-refractivity contribution in [3.05, 3.63) is 95.6 Å². The maximum Gasteiger partial charge on any atom is 0.191 e. The number of benzene rings is 2. The molecule has 3 rings (SSSR count). The monoisotopic (exact) mass is 406 g/mol. The van der Waals surface area contributed by atoms with Gasteiger partial charge >= 0.3 is 0 Å². The molecule has 0 atom stereocenters. The van der Waals surface area contributed by atoms with Crippen molar-refractivity contribution in [2.75, 3.05) is 13.1 Å². The molecule has 0 radical (unpaired) electrons. The Kier molecular flexibility index (Phi) is 8.21. The molecule has 6 heteroatoms. The molecule has 0 unspecified atom stereocenters. The van der Waals surface area contributed by atoms with Crippen LogP contribution in [0, 0.1) is 5.82 Å². The summed E-state index contributed by atoms with van der Waals surface area (Å²) in [5, 5.41) is 6.48. The van der Waals surface area contributed by atoms with Gasteiger partial charge in [-0.1, -0.05) is 36.4 Å². The minimum absolute atomic E-state index is 0.177. The van der Waals surface area contributed by atoms with Crippen LogP contribution in [-0.4, -0.2) is 24.0 Å². The molecular weight excluding hydrogens is 379 g/mol. The standard InChI is InChI=1S/C24H27FN4O/c1-2-26-24(28-15-13-20-9-3-4-12-23(20)25)29-17-19-8-7-11-22(16-19)30-18-21-10-5-6-14-27-21/h3-12,14,16H,2,13,15,17-18H2,1H3,(H2,26,28,29). The summed E-state index contributed by atoms with van der Waals surface area (Å²) in [5.41, 5.74) is 2.62. The van der Waals surface area contributed by atoms with Crippen LogP contribution >= 0.6 is 0 Å². The molecule has 0 amide bonds. The second kappa shape index (κ2) is 11.6. The van der Waals surface area contributed by atoms with Crippen molar-refractivity contribution in [1.82, 2.24) is 15.6 Å². The molecule has 1 heterocycles. The zero-order chi connectivity index (χ0) is 21.0. The third-order valence-electron chi connectivity index (χ3n) is 4.42. The molecule has 5 nitrogen and oxygen atoms in total. The van der Waals surface area contributed by atoms with Crippen LogP contribution in [0.1, 0.15) is 23.7 Å². The maximum absolute atomic E-state index is 13.8. The molecule has 2 aromatic carbocycles. The van der Waals surface area contributed by atoms with Crippen molar-refractivity contribution in [2.24, 2.45) is 4.99 Å². The minimum atomic E-state index is -0.177. The maximum atomic E-state index is 13.8. The summed E-state index contributed by atoms with van der Waals surface area (Å²) in [4.78, 5) is 8.89. The second-order valence-electron chi connectivity index (χ2n) is 6.72. The number of ether oxygens (including phenoxy) is 1. The molecule has 1 aromatic heterocycles. The average Bonchev–Trinajstić information content (AvgIpc) is 2.78. The smallest absolute Gasteiger partial charge is 0.191 e. The van der Waals surface area contributed by atoms with Crippen LogP contribution in [0.4, 0.5) is 4.39 Å². The van der Waals surface area contributed by atoms with Gasteiger partial charge in [0.15, 0.2) is 5.96 Å². The Morgan fingerprint density at radius 3 is 2.70 bits per heavy atom. The first-order chi connectivity index (χ1) is 14.7. The van der Waals surface area contributed by atoms with Crippen LogP contribution in [-0.2, 0) is 19.6 Å². The van der Waals surface area contributed by atoms with Crippen LogP contribution in [0.2, 0.25) is 0 Å². The van der Waals surface area contributed by atoms with Crippen molar-refractivity contribution in [3.8, 4) is 5.75 Å². The number of guanidine groups is 1. The van der Waals surface area contributed by atoms with Gasteiger partial charge in [0.25, 0.3) is 0 Å². The van der Waals surface area contributed by atoms with Gasteiger partial charge in [-0.3, -0.25) is 4.98 Å². The quantitative estimate of drug-likeness (QED) is 0.415. The molecule has 2 N–H and O–H groups in total. The van der Waals surface area contributed by atoms with Crippen molar-refractivity contribution in [1.29, 1.82) is 0 Å². The minimum Gasteiger partial charge on any atom is -0.487 e. The summed E-state index contributed by atoms with van der Waals surface area (Å²) >= 11 is 0. The molecule has 0 fully saturated rings. The lowest BCUT2D eigenvalue weighted by Crippen LogP contribution is -2.38.